The maximum atomic E-state index is 12.9. The molecule has 0 amide bonds. The molecule has 3 heteroatoms. The summed E-state index contributed by atoms with van der Waals surface area (Å²) in [6.07, 6.45) is 0.990. The zero-order valence-electron chi connectivity index (χ0n) is 12.2. The van der Waals surface area contributed by atoms with Crippen molar-refractivity contribution >= 4 is 0 Å². The zero-order chi connectivity index (χ0) is 13.8. The molecule has 0 aliphatic carbocycles. The van der Waals surface area contributed by atoms with E-state index >= 15 is 0 Å². The van der Waals surface area contributed by atoms with Crippen LogP contribution in [0.25, 0.3) is 0 Å². The van der Waals surface area contributed by atoms with Crippen LogP contribution in [0.3, 0.4) is 0 Å². The lowest BCUT2D eigenvalue weighted by Gasteiger charge is -2.42. The summed E-state index contributed by atoms with van der Waals surface area (Å²) < 4.78 is 12.9. The smallest absolute Gasteiger partial charge is 0.123 e. The lowest BCUT2D eigenvalue weighted by molar-refractivity contribution is 0.0844. The fraction of sp³-hybridized carbons (Fsp3) is 0.625. The van der Waals surface area contributed by atoms with Crippen molar-refractivity contribution in [1.29, 1.82) is 0 Å². The molecule has 0 bridgehead atoms. The Kier molecular flexibility index (Phi) is 4.94. The Morgan fingerprint density at radius 3 is 2.58 bits per heavy atom. The number of benzene rings is 1. The molecule has 1 aromatic rings. The quantitative estimate of drug-likeness (QED) is 0.899. The second kappa shape index (κ2) is 6.49. The predicted octanol–water partition coefficient (Wildman–Crippen LogP) is 2.69. The van der Waals surface area contributed by atoms with E-state index in [0.717, 1.165) is 26.1 Å². The maximum absolute atomic E-state index is 12.9. The molecule has 2 unspecified atom stereocenters. The van der Waals surface area contributed by atoms with E-state index in [1.807, 2.05) is 12.1 Å². The summed E-state index contributed by atoms with van der Waals surface area (Å²) in [4.78, 5) is 2.60. The molecule has 1 N–H and O–H groups in total. The van der Waals surface area contributed by atoms with Gasteiger partial charge in [-0.05, 0) is 37.0 Å². The largest absolute Gasteiger partial charge is 0.314 e. The Morgan fingerprint density at radius 2 is 1.95 bits per heavy atom. The van der Waals surface area contributed by atoms with Gasteiger partial charge in [0.15, 0.2) is 0 Å². The molecule has 0 spiro atoms. The van der Waals surface area contributed by atoms with Gasteiger partial charge in [-0.25, -0.2) is 4.39 Å². The Hall–Kier alpha value is -0.930. The van der Waals surface area contributed by atoms with E-state index in [0.29, 0.717) is 18.0 Å². The lowest BCUT2D eigenvalue weighted by atomic mass is 9.96. The highest BCUT2D eigenvalue weighted by molar-refractivity contribution is 5.17. The van der Waals surface area contributed by atoms with Gasteiger partial charge in [0.25, 0.3) is 0 Å². The first-order valence-corrected chi connectivity index (χ1v) is 7.29. The van der Waals surface area contributed by atoms with Crippen molar-refractivity contribution < 1.29 is 4.39 Å². The minimum absolute atomic E-state index is 0.154. The van der Waals surface area contributed by atoms with Crippen molar-refractivity contribution in [3.8, 4) is 0 Å². The van der Waals surface area contributed by atoms with Crippen molar-refractivity contribution in [1.82, 2.24) is 10.2 Å². The van der Waals surface area contributed by atoms with Gasteiger partial charge in [0, 0.05) is 31.7 Å². The number of nitrogens with zero attached hydrogens (tertiary/aromatic N) is 1. The first-order valence-electron chi connectivity index (χ1n) is 7.29. The summed E-state index contributed by atoms with van der Waals surface area (Å²) in [7, 11) is 0. The van der Waals surface area contributed by atoms with Crippen LogP contribution in [0.2, 0.25) is 0 Å². The normalized spacial score (nSPS) is 22.7. The summed E-state index contributed by atoms with van der Waals surface area (Å²) in [6, 6.07) is 8.01. The second-order valence-electron chi connectivity index (χ2n) is 5.93. The third kappa shape index (κ3) is 3.77. The van der Waals surface area contributed by atoms with Gasteiger partial charge in [0.1, 0.15) is 5.82 Å². The molecule has 2 rings (SSSR count). The molecule has 106 valence electrons. The molecule has 0 aromatic heterocycles. The molecule has 1 aromatic carbocycles. The number of piperazine rings is 1. The van der Waals surface area contributed by atoms with Gasteiger partial charge in [-0.2, -0.15) is 0 Å². The average molecular weight is 264 g/mol. The van der Waals surface area contributed by atoms with Gasteiger partial charge in [-0.3, -0.25) is 4.90 Å². The van der Waals surface area contributed by atoms with Crippen molar-refractivity contribution in [2.45, 2.75) is 39.3 Å². The van der Waals surface area contributed by atoms with E-state index in [1.54, 1.807) is 12.1 Å². The van der Waals surface area contributed by atoms with Crippen LogP contribution < -0.4 is 5.32 Å². The van der Waals surface area contributed by atoms with Crippen molar-refractivity contribution in [3.63, 3.8) is 0 Å². The fourth-order valence-corrected chi connectivity index (χ4v) is 2.99. The second-order valence-corrected chi connectivity index (χ2v) is 5.93. The van der Waals surface area contributed by atoms with E-state index in [4.69, 9.17) is 0 Å². The topological polar surface area (TPSA) is 15.3 Å². The zero-order valence-corrected chi connectivity index (χ0v) is 12.2. The Labute approximate surface area is 116 Å². The van der Waals surface area contributed by atoms with E-state index in [2.05, 4.69) is 31.0 Å². The molecule has 1 aliphatic heterocycles. The van der Waals surface area contributed by atoms with E-state index in [1.165, 1.54) is 5.56 Å². The third-order valence-electron chi connectivity index (χ3n) is 4.11. The SMILES string of the molecule is CC(C)C1CNCCN1C(C)Cc1ccc(F)cc1. The fourth-order valence-electron chi connectivity index (χ4n) is 2.99. The van der Waals surface area contributed by atoms with Gasteiger partial charge in [-0.15, -0.1) is 0 Å². The minimum Gasteiger partial charge on any atom is -0.314 e. The predicted molar refractivity (Wildman–Crippen MR) is 77.8 cm³/mol. The number of hydrogen-bond donors (Lipinski definition) is 1. The summed E-state index contributed by atoms with van der Waals surface area (Å²) >= 11 is 0. The number of halogens is 1. The minimum atomic E-state index is -0.154. The summed E-state index contributed by atoms with van der Waals surface area (Å²) in [5, 5.41) is 3.48. The van der Waals surface area contributed by atoms with Crippen molar-refractivity contribution in [2.75, 3.05) is 19.6 Å². The van der Waals surface area contributed by atoms with Crippen LogP contribution in [0.1, 0.15) is 26.3 Å². The first-order chi connectivity index (χ1) is 9.08. The van der Waals surface area contributed by atoms with Gasteiger partial charge in [-0.1, -0.05) is 26.0 Å². The average Bonchev–Trinajstić information content (AvgIpc) is 2.41. The number of rotatable bonds is 4. The molecule has 0 saturated carbocycles. The molecule has 0 radical (unpaired) electrons. The standard InChI is InChI=1S/C16H25FN2/c1-12(2)16-11-18-8-9-19(16)13(3)10-14-4-6-15(17)7-5-14/h4-7,12-13,16,18H,8-11H2,1-3H3. The summed E-state index contributed by atoms with van der Waals surface area (Å²) in [5.74, 6) is 0.502. The van der Waals surface area contributed by atoms with Crippen LogP contribution in [0.15, 0.2) is 24.3 Å². The Balaban J connectivity index is 2.01. The molecular weight excluding hydrogens is 239 g/mol. The highest BCUT2D eigenvalue weighted by Gasteiger charge is 2.28. The number of hydrogen-bond acceptors (Lipinski definition) is 2. The van der Waals surface area contributed by atoms with E-state index < -0.39 is 0 Å². The van der Waals surface area contributed by atoms with Crippen LogP contribution in [0.4, 0.5) is 4.39 Å². The van der Waals surface area contributed by atoms with Crippen LogP contribution in [-0.2, 0) is 6.42 Å². The van der Waals surface area contributed by atoms with Gasteiger partial charge < -0.3 is 5.32 Å². The maximum Gasteiger partial charge on any atom is 0.123 e. The van der Waals surface area contributed by atoms with Crippen LogP contribution in [0.5, 0.6) is 0 Å². The molecule has 1 saturated heterocycles. The van der Waals surface area contributed by atoms with Crippen molar-refractivity contribution in [3.05, 3.63) is 35.6 Å². The van der Waals surface area contributed by atoms with E-state index in [-0.39, 0.29) is 5.82 Å². The monoisotopic (exact) mass is 264 g/mol. The third-order valence-corrected chi connectivity index (χ3v) is 4.11. The highest BCUT2D eigenvalue weighted by atomic mass is 19.1. The van der Waals surface area contributed by atoms with Gasteiger partial charge in [0.2, 0.25) is 0 Å². The molecule has 19 heavy (non-hydrogen) atoms. The molecule has 1 fully saturated rings. The molecule has 1 aliphatic rings. The summed E-state index contributed by atoms with van der Waals surface area (Å²) in [6.45, 7) is 10.1. The molecule has 2 nitrogen and oxygen atoms in total. The lowest BCUT2D eigenvalue weighted by Crippen LogP contribution is -2.56. The Bertz CT molecular complexity index is 388. The first kappa shape index (κ1) is 14.5. The van der Waals surface area contributed by atoms with Crippen LogP contribution >= 0.6 is 0 Å². The van der Waals surface area contributed by atoms with Crippen LogP contribution in [0, 0.1) is 11.7 Å². The summed E-state index contributed by atoms with van der Waals surface area (Å²) in [5.41, 5.74) is 1.22. The van der Waals surface area contributed by atoms with Gasteiger partial charge >= 0.3 is 0 Å². The molecule has 1 heterocycles. The number of nitrogens with one attached hydrogen (secondary N) is 1. The van der Waals surface area contributed by atoms with Crippen molar-refractivity contribution in [2.24, 2.45) is 5.92 Å². The van der Waals surface area contributed by atoms with E-state index in [9.17, 15) is 4.39 Å². The molecule has 2 atom stereocenters. The highest BCUT2D eigenvalue weighted by Crippen LogP contribution is 2.18. The van der Waals surface area contributed by atoms with Crippen LogP contribution in [-0.4, -0.2) is 36.6 Å². The Morgan fingerprint density at radius 1 is 1.26 bits per heavy atom. The molecular formula is C16H25FN2. The van der Waals surface area contributed by atoms with Gasteiger partial charge in [0.05, 0.1) is 0 Å².